The quantitative estimate of drug-likeness (QED) is 0.584. The second-order valence-corrected chi connectivity index (χ2v) is 5.51. The minimum atomic E-state index is 0.0547. The highest BCUT2D eigenvalue weighted by molar-refractivity contribution is 5.10. The van der Waals surface area contributed by atoms with Crippen molar-refractivity contribution in [3.05, 3.63) is 30.1 Å². The largest absolute Gasteiger partial charge is 0.394 e. The van der Waals surface area contributed by atoms with Crippen LogP contribution in [0.5, 0.6) is 0 Å². The number of likely N-dealkylation sites (tertiary alicyclic amines) is 1. The van der Waals surface area contributed by atoms with Gasteiger partial charge in [-0.25, -0.2) is 0 Å². The Morgan fingerprint density at radius 1 is 1.04 bits per heavy atom. The van der Waals surface area contributed by atoms with Gasteiger partial charge in [0.15, 0.2) is 0 Å². The van der Waals surface area contributed by atoms with Crippen LogP contribution in [0, 0.1) is 0 Å². The summed E-state index contributed by atoms with van der Waals surface area (Å²) in [4.78, 5) is 6.93. The smallest absolute Gasteiger partial charge is 0.0701 e. The molecule has 1 aliphatic heterocycles. The maximum absolute atomic E-state index is 8.55. The van der Waals surface area contributed by atoms with E-state index in [1.807, 2.05) is 12.3 Å². The van der Waals surface area contributed by atoms with Gasteiger partial charge >= 0.3 is 0 Å². The lowest BCUT2D eigenvalue weighted by atomic mass is 10.1. The van der Waals surface area contributed by atoms with Gasteiger partial charge in [-0.05, 0) is 31.5 Å². The highest BCUT2D eigenvalue weighted by Crippen LogP contribution is 2.29. The van der Waals surface area contributed by atoms with Gasteiger partial charge in [0.05, 0.1) is 58.0 Å². The van der Waals surface area contributed by atoms with E-state index in [4.69, 9.17) is 19.3 Å². The number of aliphatic hydroxyl groups is 1. The second-order valence-electron chi connectivity index (χ2n) is 5.51. The fraction of sp³-hybridized carbons (Fsp3) is 0.706. The third kappa shape index (κ3) is 6.93. The summed E-state index contributed by atoms with van der Waals surface area (Å²) in [6.07, 6.45) is 4.26. The van der Waals surface area contributed by atoms with Crippen LogP contribution in [-0.2, 0) is 14.2 Å². The van der Waals surface area contributed by atoms with E-state index in [9.17, 15) is 0 Å². The van der Waals surface area contributed by atoms with Gasteiger partial charge in [-0.3, -0.25) is 9.88 Å². The molecule has 6 heteroatoms. The van der Waals surface area contributed by atoms with E-state index in [2.05, 4.69) is 22.0 Å². The van der Waals surface area contributed by atoms with E-state index in [0.717, 1.165) is 18.8 Å². The Labute approximate surface area is 138 Å². The first-order valence-electron chi connectivity index (χ1n) is 8.41. The SMILES string of the molecule is OCCOCCOCCOCCN1CCCC1c1ccccn1. The standard InChI is InChI=1S/C17H28N2O4/c20-9-11-22-13-15-23-14-12-21-10-8-19-7-3-5-17(19)16-4-1-2-6-18-16/h1-2,4,6,17,20H,3,5,7-15H2. The van der Waals surface area contributed by atoms with Gasteiger partial charge in [0, 0.05) is 12.7 Å². The van der Waals surface area contributed by atoms with Gasteiger partial charge < -0.3 is 19.3 Å². The molecule has 23 heavy (non-hydrogen) atoms. The van der Waals surface area contributed by atoms with Crippen molar-refractivity contribution in [1.82, 2.24) is 9.88 Å². The molecule has 1 saturated heterocycles. The molecule has 0 aromatic carbocycles. The van der Waals surface area contributed by atoms with Crippen LogP contribution >= 0.6 is 0 Å². The van der Waals surface area contributed by atoms with Gasteiger partial charge in [0.1, 0.15) is 0 Å². The summed E-state index contributed by atoms with van der Waals surface area (Å²) in [6, 6.07) is 6.55. The zero-order valence-electron chi connectivity index (χ0n) is 13.7. The lowest BCUT2D eigenvalue weighted by molar-refractivity contribution is 0.00407. The van der Waals surface area contributed by atoms with Gasteiger partial charge in [-0.1, -0.05) is 6.07 Å². The van der Waals surface area contributed by atoms with E-state index in [1.54, 1.807) is 0 Å². The number of nitrogens with zero attached hydrogens (tertiary/aromatic N) is 2. The molecule has 0 bridgehead atoms. The lowest BCUT2D eigenvalue weighted by Gasteiger charge is -2.23. The number of aromatic nitrogens is 1. The average Bonchev–Trinajstić information content (AvgIpc) is 3.06. The topological polar surface area (TPSA) is 64.1 Å². The van der Waals surface area contributed by atoms with E-state index in [0.29, 0.717) is 45.7 Å². The Bertz CT molecular complexity index is 405. The molecule has 0 saturated carbocycles. The molecular weight excluding hydrogens is 296 g/mol. The van der Waals surface area contributed by atoms with E-state index >= 15 is 0 Å². The number of hydrogen-bond acceptors (Lipinski definition) is 6. The van der Waals surface area contributed by atoms with Crippen LogP contribution in [0.15, 0.2) is 24.4 Å². The van der Waals surface area contributed by atoms with Crippen LogP contribution < -0.4 is 0 Å². The highest BCUT2D eigenvalue weighted by Gasteiger charge is 2.26. The van der Waals surface area contributed by atoms with Gasteiger partial charge in [0.25, 0.3) is 0 Å². The predicted octanol–water partition coefficient (Wildman–Crippen LogP) is 1.26. The van der Waals surface area contributed by atoms with Crippen molar-refractivity contribution in [3.63, 3.8) is 0 Å². The van der Waals surface area contributed by atoms with Crippen LogP contribution in [0.2, 0.25) is 0 Å². The molecule has 1 aliphatic rings. The van der Waals surface area contributed by atoms with Crippen LogP contribution in [0.1, 0.15) is 24.6 Å². The van der Waals surface area contributed by atoms with Crippen molar-refractivity contribution in [3.8, 4) is 0 Å². The number of aliphatic hydroxyl groups excluding tert-OH is 1. The van der Waals surface area contributed by atoms with Crippen molar-refractivity contribution in [2.75, 3.05) is 59.3 Å². The van der Waals surface area contributed by atoms with Gasteiger partial charge in [-0.15, -0.1) is 0 Å². The summed E-state index contributed by atoms with van der Waals surface area (Å²) in [5, 5.41) is 8.55. The van der Waals surface area contributed by atoms with Crippen molar-refractivity contribution in [1.29, 1.82) is 0 Å². The number of ether oxygens (including phenoxy) is 3. The summed E-state index contributed by atoms with van der Waals surface area (Å²) < 4.78 is 16.1. The molecule has 1 unspecified atom stereocenters. The number of rotatable bonds is 12. The highest BCUT2D eigenvalue weighted by atomic mass is 16.5. The maximum Gasteiger partial charge on any atom is 0.0701 e. The molecule has 2 heterocycles. The van der Waals surface area contributed by atoms with E-state index in [-0.39, 0.29) is 6.61 Å². The third-order valence-electron chi connectivity index (χ3n) is 3.90. The van der Waals surface area contributed by atoms with Crippen molar-refractivity contribution in [2.45, 2.75) is 18.9 Å². The first-order chi connectivity index (χ1) is 11.4. The Morgan fingerprint density at radius 2 is 1.78 bits per heavy atom. The Morgan fingerprint density at radius 3 is 2.48 bits per heavy atom. The minimum Gasteiger partial charge on any atom is -0.394 e. The van der Waals surface area contributed by atoms with Crippen LogP contribution in [0.3, 0.4) is 0 Å². The predicted molar refractivity (Wildman–Crippen MR) is 87.3 cm³/mol. The Balaban J connectivity index is 1.51. The molecule has 1 aromatic heterocycles. The summed E-state index contributed by atoms with van der Waals surface area (Å²) in [7, 11) is 0. The second kappa shape index (κ2) is 11.5. The summed E-state index contributed by atoms with van der Waals surface area (Å²) in [5.41, 5.74) is 1.16. The molecule has 0 amide bonds. The third-order valence-corrected chi connectivity index (χ3v) is 3.90. The molecule has 0 radical (unpaired) electrons. The summed E-state index contributed by atoms with van der Waals surface area (Å²) in [5.74, 6) is 0. The Kier molecular flexibility index (Phi) is 9.13. The fourth-order valence-electron chi connectivity index (χ4n) is 2.79. The zero-order valence-corrected chi connectivity index (χ0v) is 13.7. The molecule has 1 N–H and O–H groups in total. The lowest BCUT2D eigenvalue weighted by Crippen LogP contribution is -2.28. The molecule has 6 nitrogen and oxygen atoms in total. The van der Waals surface area contributed by atoms with Crippen LogP contribution in [0.4, 0.5) is 0 Å². The monoisotopic (exact) mass is 324 g/mol. The number of hydrogen-bond donors (Lipinski definition) is 1. The molecule has 130 valence electrons. The molecule has 0 aliphatic carbocycles. The molecule has 1 atom stereocenters. The van der Waals surface area contributed by atoms with Gasteiger partial charge in [0.2, 0.25) is 0 Å². The van der Waals surface area contributed by atoms with Crippen LogP contribution in [-0.4, -0.2) is 74.3 Å². The molecule has 1 aromatic rings. The summed E-state index contributed by atoms with van der Waals surface area (Å²) >= 11 is 0. The van der Waals surface area contributed by atoms with Gasteiger partial charge in [-0.2, -0.15) is 0 Å². The first kappa shape index (κ1) is 18.3. The van der Waals surface area contributed by atoms with E-state index in [1.165, 1.54) is 12.8 Å². The van der Waals surface area contributed by atoms with Crippen molar-refractivity contribution < 1.29 is 19.3 Å². The zero-order chi connectivity index (χ0) is 16.2. The normalized spacial score (nSPS) is 18.6. The van der Waals surface area contributed by atoms with E-state index < -0.39 is 0 Å². The maximum atomic E-state index is 8.55. The summed E-state index contributed by atoms with van der Waals surface area (Å²) in [6.45, 7) is 5.41. The molecule has 2 rings (SSSR count). The van der Waals surface area contributed by atoms with Crippen molar-refractivity contribution >= 4 is 0 Å². The van der Waals surface area contributed by atoms with Crippen LogP contribution in [0.25, 0.3) is 0 Å². The molecule has 0 spiro atoms. The fourth-order valence-corrected chi connectivity index (χ4v) is 2.79. The molecule has 1 fully saturated rings. The molecular formula is C17H28N2O4. The Hall–Kier alpha value is -1.05. The van der Waals surface area contributed by atoms with Crippen molar-refractivity contribution in [2.24, 2.45) is 0 Å². The minimum absolute atomic E-state index is 0.0547. The first-order valence-corrected chi connectivity index (χ1v) is 8.41. The average molecular weight is 324 g/mol. The number of pyridine rings is 1.